The quantitative estimate of drug-likeness (QED) is 0.115. The van der Waals surface area contributed by atoms with E-state index in [1.54, 1.807) is 27.7 Å². The van der Waals surface area contributed by atoms with Crippen molar-refractivity contribution in [2.24, 2.45) is 16.3 Å². The van der Waals surface area contributed by atoms with Crippen molar-refractivity contribution in [3.05, 3.63) is 22.8 Å². The predicted molar refractivity (Wildman–Crippen MR) is 142 cm³/mol. The molecule has 4 N–H and O–H groups in total. The van der Waals surface area contributed by atoms with Crippen molar-refractivity contribution in [1.82, 2.24) is 15.2 Å². The summed E-state index contributed by atoms with van der Waals surface area (Å²) in [5.41, 5.74) is 4.71. The number of thiazole rings is 1. The zero-order valence-electron chi connectivity index (χ0n) is 22.0. The third-order valence-electron chi connectivity index (χ3n) is 5.22. The first-order valence-electron chi connectivity index (χ1n) is 11.9. The first-order chi connectivity index (χ1) is 18.3. The molecule has 1 aromatic heterocycles. The molecule has 1 unspecified atom stereocenters. The van der Waals surface area contributed by atoms with Gasteiger partial charge in [-0.1, -0.05) is 5.16 Å². The number of ether oxygens (including phenoxy) is 2. The molecule has 0 radical (unpaired) electrons. The number of nitrogens with two attached hydrogens (primary N) is 1. The van der Waals surface area contributed by atoms with E-state index in [1.807, 2.05) is 0 Å². The number of aromatic nitrogens is 1. The fraction of sp³-hybridized carbons (Fsp3) is 0.522. The summed E-state index contributed by atoms with van der Waals surface area (Å²) in [5.74, 6) is -2.71. The van der Waals surface area contributed by atoms with Gasteiger partial charge < -0.3 is 30.7 Å². The first-order valence-corrected chi connectivity index (χ1v) is 13.8. The average molecular weight is 583 g/mol. The number of carbonyl (C=O) groups excluding carboxylic acids is 5. The van der Waals surface area contributed by atoms with Crippen molar-refractivity contribution in [2.75, 3.05) is 24.5 Å². The van der Waals surface area contributed by atoms with Crippen molar-refractivity contribution in [2.45, 2.75) is 52.1 Å². The van der Waals surface area contributed by atoms with E-state index in [1.165, 1.54) is 35.0 Å². The number of esters is 2. The number of amides is 3. The highest BCUT2D eigenvalue weighted by molar-refractivity contribution is 8.00. The molecular formula is C23H30N6O8S2. The van der Waals surface area contributed by atoms with Crippen LogP contribution in [0.15, 0.2) is 22.3 Å². The number of rotatable bonds is 10. The van der Waals surface area contributed by atoms with Gasteiger partial charge in [-0.25, -0.2) is 9.78 Å². The molecule has 0 spiro atoms. The van der Waals surface area contributed by atoms with Crippen LogP contribution in [0.25, 0.3) is 0 Å². The standard InChI is InChI=1S/C23H30N6O8S2/c1-6-37-28-14(12-9-39-22(25-12)27-16(30)11(2)24)17(31)26-15-18(32)29-13(7-8-38-19(15)29)20(33)35-10-36-21(34)23(3,4)5/h7,9,11,15,19H,6,8,10,24H2,1-5H3,(H,26,31)(H,25,27,30)/t11-,15?,19+/m0/s1. The molecule has 3 heterocycles. The Balaban J connectivity index is 1.65. The van der Waals surface area contributed by atoms with E-state index in [9.17, 15) is 24.0 Å². The Kier molecular flexibility index (Phi) is 9.68. The molecule has 0 bridgehead atoms. The van der Waals surface area contributed by atoms with Gasteiger partial charge in [-0.05, 0) is 40.7 Å². The van der Waals surface area contributed by atoms with Gasteiger partial charge in [0.25, 0.3) is 11.8 Å². The van der Waals surface area contributed by atoms with E-state index in [4.69, 9.17) is 20.0 Å². The molecule has 0 aliphatic carbocycles. The summed E-state index contributed by atoms with van der Waals surface area (Å²) in [5, 5.41) is 10.1. The van der Waals surface area contributed by atoms with Crippen molar-refractivity contribution in [3.63, 3.8) is 0 Å². The number of thioether (sulfide) groups is 1. The topological polar surface area (TPSA) is 192 Å². The Hall–Kier alpha value is -3.50. The maximum absolute atomic E-state index is 13.1. The maximum atomic E-state index is 13.1. The van der Waals surface area contributed by atoms with Crippen LogP contribution in [0.2, 0.25) is 0 Å². The second-order valence-electron chi connectivity index (χ2n) is 9.38. The number of hydrogen-bond acceptors (Lipinski definition) is 13. The molecule has 212 valence electrons. The van der Waals surface area contributed by atoms with Crippen molar-refractivity contribution in [3.8, 4) is 0 Å². The highest BCUT2D eigenvalue weighted by Gasteiger charge is 2.53. The molecule has 3 atom stereocenters. The number of oxime groups is 1. The van der Waals surface area contributed by atoms with Gasteiger partial charge in [0.15, 0.2) is 10.8 Å². The fourth-order valence-corrected chi connectivity index (χ4v) is 5.05. The lowest BCUT2D eigenvalue weighted by Crippen LogP contribution is -2.70. The third-order valence-corrected chi connectivity index (χ3v) is 7.17. The summed E-state index contributed by atoms with van der Waals surface area (Å²) in [6.45, 7) is 7.76. The molecule has 14 nitrogen and oxygen atoms in total. The van der Waals surface area contributed by atoms with E-state index < -0.39 is 59.3 Å². The van der Waals surface area contributed by atoms with E-state index in [-0.39, 0.29) is 28.8 Å². The number of carbonyl (C=O) groups is 5. The van der Waals surface area contributed by atoms with Gasteiger partial charge >= 0.3 is 11.9 Å². The minimum absolute atomic E-state index is 0.00159. The molecule has 3 amide bonds. The van der Waals surface area contributed by atoms with Crippen LogP contribution in [0.1, 0.15) is 40.3 Å². The zero-order chi connectivity index (χ0) is 28.9. The van der Waals surface area contributed by atoms with Crippen LogP contribution < -0.4 is 16.4 Å². The molecule has 2 aliphatic rings. The SMILES string of the molecule is CCON=C(C(=O)NC1C(=O)N2C(C(=O)OCOC(=O)C(C)(C)C)=CCS[C@H]12)c1csc(NC(=O)[C@H](C)N)n1. The molecule has 1 aromatic rings. The van der Waals surface area contributed by atoms with Gasteiger partial charge in [0.05, 0.1) is 11.5 Å². The van der Waals surface area contributed by atoms with Crippen LogP contribution in [0.3, 0.4) is 0 Å². The van der Waals surface area contributed by atoms with Crippen LogP contribution in [0.4, 0.5) is 5.13 Å². The molecule has 3 rings (SSSR count). The highest BCUT2D eigenvalue weighted by Crippen LogP contribution is 2.38. The highest BCUT2D eigenvalue weighted by atomic mass is 32.2. The van der Waals surface area contributed by atoms with E-state index >= 15 is 0 Å². The molecule has 1 fully saturated rings. The number of fused-ring (bicyclic) bond motifs is 1. The lowest BCUT2D eigenvalue weighted by Gasteiger charge is -2.48. The van der Waals surface area contributed by atoms with Crippen molar-refractivity contribution < 1.29 is 38.3 Å². The molecule has 0 aromatic carbocycles. The predicted octanol–water partition coefficient (Wildman–Crippen LogP) is 0.543. The number of β-lactam (4-membered cyclic amide) rings is 1. The molecule has 39 heavy (non-hydrogen) atoms. The average Bonchev–Trinajstić information content (AvgIpc) is 3.33. The first kappa shape index (κ1) is 30.0. The summed E-state index contributed by atoms with van der Waals surface area (Å²) in [7, 11) is 0. The Bertz CT molecular complexity index is 1210. The van der Waals surface area contributed by atoms with Crippen molar-refractivity contribution >= 4 is 63.6 Å². The molecule has 2 aliphatic heterocycles. The van der Waals surface area contributed by atoms with Crippen LogP contribution >= 0.6 is 23.1 Å². The largest absolute Gasteiger partial charge is 0.427 e. The Morgan fingerprint density at radius 1 is 1.28 bits per heavy atom. The number of hydrogen-bond donors (Lipinski definition) is 3. The minimum Gasteiger partial charge on any atom is -0.427 e. The smallest absolute Gasteiger partial charge is 0.357 e. The summed E-state index contributed by atoms with van der Waals surface area (Å²) >= 11 is 2.40. The monoisotopic (exact) mass is 582 g/mol. The third kappa shape index (κ3) is 7.13. The number of anilines is 1. The van der Waals surface area contributed by atoms with E-state index in [2.05, 4.69) is 20.8 Å². The fourth-order valence-electron chi connectivity index (χ4n) is 3.16. The summed E-state index contributed by atoms with van der Waals surface area (Å²) < 4.78 is 9.98. The summed E-state index contributed by atoms with van der Waals surface area (Å²) in [6, 6.07) is -1.71. The maximum Gasteiger partial charge on any atom is 0.357 e. The van der Waals surface area contributed by atoms with Gasteiger partial charge in [0.1, 0.15) is 29.4 Å². The Morgan fingerprint density at radius 3 is 2.64 bits per heavy atom. The Labute approximate surface area is 232 Å². The normalized spacial score (nSPS) is 19.6. The lowest BCUT2D eigenvalue weighted by molar-refractivity contribution is -0.173. The summed E-state index contributed by atoms with van der Waals surface area (Å²) in [6.07, 6.45) is 1.53. The minimum atomic E-state index is -0.958. The van der Waals surface area contributed by atoms with E-state index in [0.717, 1.165) is 11.3 Å². The molecule has 0 saturated carbocycles. The molecule has 16 heteroatoms. The number of nitrogens with zero attached hydrogens (tertiary/aromatic N) is 3. The van der Waals surface area contributed by atoms with Crippen LogP contribution in [-0.4, -0.2) is 81.9 Å². The van der Waals surface area contributed by atoms with Gasteiger partial charge in [-0.3, -0.25) is 24.1 Å². The molecular weight excluding hydrogens is 552 g/mol. The van der Waals surface area contributed by atoms with Crippen molar-refractivity contribution in [1.29, 1.82) is 0 Å². The van der Waals surface area contributed by atoms with Gasteiger partial charge in [-0.15, -0.1) is 23.1 Å². The van der Waals surface area contributed by atoms with Crippen LogP contribution in [0, 0.1) is 5.41 Å². The number of nitrogens with one attached hydrogen (secondary N) is 2. The van der Waals surface area contributed by atoms with Gasteiger partial charge in [0, 0.05) is 11.1 Å². The second-order valence-corrected chi connectivity index (χ2v) is 11.4. The van der Waals surface area contributed by atoms with Crippen LogP contribution in [-0.2, 0) is 38.3 Å². The van der Waals surface area contributed by atoms with E-state index in [0.29, 0.717) is 5.75 Å². The summed E-state index contributed by atoms with van der Waals surface area (Å²) in [4.78, 5) is 72.8. The lowest BCUT2D eigenvalue weighted by atomic mass is 9.98. The Morgan fingerprint density at radius 2 is 2.00 bits per heavy atom. The van der Waals surface area contributed by atoms with Crippen LogP contribution in [0.5, 0.6) is 0 Å². The zero-order valence-corrected chi connectivity index (χ0v) is 23.6. The van der Waals surface area contributed by atoms with Gasteiger partial charge in [-0.2, -0.15) is 0 Å². The second kappa shape index (κ2) is 12.6. The van der Waals surface area contributed by atoms with Gasteiger partial charge in [0.2, 0.25) is 12.7 Å². The molecule has 1 saturated heterocycles.